The zero-order valence-corrected chi connectivity index (χ0v) is 14.8. The summed E-state index contributed by atoms with van der Waals surface area (Å²) in [5.74, 6) is 0.549. The van der Waals surface area contributed by atoms with Gasteiger partial charge in [-0.05, 0) is 42.2 Å². The van der Waals surface area contributed by atoms with E-state index in [1.165, 1.54) is 37.7 Å². The Morgan fingerprint density at radius 2 is 1.95 bits per heavy atom. The summed E-state index contributed by atoms with van der Waals surface area (Å²) in [6.07, 6.45) is 15.1. The lowest BCUT2D eigenvalue weighted by molar-refractivity contribution is -0.118. The standard InChI is InChI=1S/C20H31NO/c1-15(22)21-18-10-8-12-20(4,5)14-17(18)16-9-6-7-11-19(2,3)13-16/h8,10,12,14,16H,6-7,9,11,13H2,1-5H3,(H,21,22). The van der Waals surface area contributed by atoms with E-state index >= 15 is 0 Å². The van der Waals surface area contributed by atoms with Gasteiger partial charge < -0.3 is 5.32 Å². The Balaban J connectivity index is 2.37. The minimum Gasteiger partial charge on any atom is -0.326 e. The summed E-state index contributed by atoms with van der Waals surface area (Å²) >= 11 is 0. The molecule has 1 unspecified atom stereocenters. The van der Waals surface area contributed by atoms with E-state index in [4.69, 9.17) is 0 Å². The molecular formula is C20H31NO. The SMILES string of the molecule is CC(=O)NC1=CC=CC(C)(C)C=C1C1CCCCC(C)(C)C1. The quantitative estimate of drug-likeness (QED) is 0.703. The van der Waals surface area contributed by atoms with E-state index in [0.29, 0.717) is 11.3 Å². The molecule has 0 aliphatic heterocycles. The van der Waals surface area contributed by atoms with Crippen molar-refractivity contribution in [3.05, 3.63) is 35.6 Å². The third-order valence-electron chi connectivity index (χ3n) is 4.83. The highest BCUT2D eigenvalue weighted by Gasteiger charge is 2.31. The molecule has 22 heavy (non-hydrogen) atoms. The Labute approximate surface area is 135 Å². The maximum Gasteiger partial charge on any atom is 0.221 e. The molecule has 2 nitrogen and oxygen atoms in total. The molecule has 0 saturated heterocycles. The molecule has 2 aliphatic carbocycles. The number of amides is 1. The van der Waals surface area contributed by atoms with Crippen LogP contribution in [-0.2, 0) is 4.79 Å². The topological polar surface area (TPSA) is 29.1 Å². The number of hydrogen-bond acceptors (Lipinski definition) is 1. The third kappa shape index (κ3) is 4.59. The lowest BCUT2D eigenvalue weighted by Gasteiger charge is -2.30. The molecule has 0 aromatic heterocycles. The summed E-state index contributed by atoms with van der Waals surface area (Å²) in [6, 6.07) is 0. The smallest absolute Gasteiger partial charge is 0.221 e. The maximum atomic E-state index is 11.6. The molecule has 0 heterocycles. The van der Waals surface area contributed by atoms with Crippen molar-refractivity contribution >= 4 is 5.91 Å². The van der Waals surface area contributed by atoms with Gasteiger partial charge in [0.05, 0.1) is 0 Å². The summed E-state index contributed by atoms with van der Waals surface area (Å²) in [6.45, 7) is 10.8. The lowest BCUT2D eigenvalue weighted by Crippen LogP contribution is -2.25. The van der Waals surface area contributed by atoms with E-state index in [1.807, 2.05) is 0 Å². The van der Waals surface area contributed by atoms with Gasteiger partial charge >= 0.3 is 0 Å². The van der Waals surface area contributed by atoms with E-state index in [1.54, 1.807) is 6.92 Å². The van der Waals surface area contributed by atoms with Gasteiger partial charge in [0.15, 0.2) is 0 Å². The number of carbonyl (C=O) groups is 1. The van der Waals surface area contributed by atoms with E-state index in [-0.39, 0.29) is 11.3 Å². The van der Waals surface area contributed by atoms with Crippen molar-refractivity contribution in [2.24, 2.45) is 16.7 Å². The molecule has 0 spiro atoms. The van der Waals surface area contributed by atoms with Crippen molar-refractivity contribution in [3.63, 3.8) is 0 Å². The fourth-order valence-electron chi connectivity index (χ4n) is 3.79. The molecular weight excluding hydrogens is 270 g/mol. The Morgan fingerprint density at radius 1 is 1.23 bits per heavy atom. The number of hydrogen-bond donors (Lipinski definition) is 1. The molecule has 0 bridgehead atoms. The Hall–Kier alpha value is -1.31. The predicted octanol–water partition coefficient (Wildman–Crippen LogP) is 5.14. The van der Waals surface area contributed by atoms with E-state index < -0.39 is 0 Å². The van der Waals surface area contributed by atoms with Crippen LogP contribution in [0.4, 0.5) is 0 Å². The minimum absolute atomic E-state index is 0.0122. The van der Waals surface area contributed by atoms with Crippen LogP contribution in [0.2, 0.25) is 0 Å². The molecule has 1 fully saturated rings. The number of rotatable bonds is 2. The molecule has 1 amide bonds. The first kappa shape index (κ1) is 17.1. The Morgan fingerprint density at radius 3 is 2.64 bits per heavy atom. The van der Waals surface area contributed by atoms with E-state index in [2.05, 4.69) is 57.3 Å². The summed E-state index contributed by atoms with van der Waals surface area (Å²) in [7, 11) is 0. The molecule has 1 saturated carbocycles. The third-order valence-corrected chi connectivity index (χ3v) is 4.83. The maximum absolute atomic E-state index is 11.6. The summed E-state index contributed by atoms with van der Waals surface area (Å²) < 4.78 is 0. The van der Waals surface area contributed by atoms with Crippen LogP contribution in [0.25, 0.3) is 0 Å². The van der Waals surface area contributed by atoms with Gasteiger partial charge in [0.2, 0.25) is 5.91 Å². The van der Waals surface area contributed by atoms with Gasteiger partial charge in [-0.3, -0.25) is 4.79 Å². The van der Waals surface area contributed by atoms with Crippen LogP contribution in [0.5, 0.6) is 0 Å². The Bertz CT molecular complexity index is 520. The van der Waals surface area contributed by atoms with Gasteiger partial charge in [0.1, 0.15) is 0 Å². The van der Waals surface area contributed by atoms with Crippen LogP contribution in [0.3, 0.4) is 0 Å². The molecule has 0 aromatic carbocycles. The second kappa shape index (κ2) is 6.44. The normalized spacial score (nSPS) is 27.2. The fraction of sp³-hybridized carbons (Fsp3) is 0.650. The Kier molecular flexibility index (Phi) is 4.99. The summed E-state index contributed by atoms with van der Waals surface area (Å²) in [4.78, 5) is 11.6. The molecule has 2 rings (SSSR count). The van der Waals surface area contributed by atoms with Gasteiger partial charge in [-0.1, -0.05) is 58.8 Å². The molecule has 1 atom stereocenters. The van der Waals surface area contributed by atoms with Crippen molar-refractivity contribution < 1.29 is 4.79 Å². The zero-order chi connectivity index (χ0) is 16.4. The van der Waals surface area contributed by atoms with Crippen LogP contribution in [0.15, 0.2) is 35.6 Å². The van der Waals surface area contributed by atoms with E-state index in [0.717, 1.165) is 5.70 Å². The second-order valence-electron chi connectivity index (χ2n) is 8.35. The minimum atomic E-state index is 0.0122. The van der Waals surface area contributed by atoms with Crippen LogP contribution < -0.4 is 5.32 Å². The summed E-state index contributed by atoms with van der Waals surface area (Å²) in [5.41, 5.74) is 2.74. The van der Waals surface area contributed by atoms with Crippen LogP contribution in [-0.4, -0.2) is 5.91 Å². The number of allylic oxidation sites excluding steroid dienone is 5. The summed E-state index contributed by atoms with van der Waals surface area (Å²) in [5, 5.41) is 3.06. The first-order chi connectivity index (χ1) is 10.2. The zero-order valence-electron chi connectivity index (χ0n) is 14.8. The monoisotopic (exact) mass is 301 g/mol. The number of nitrogens with one attached hydrogen (secondary N) is 1. The van der Waals surface area contributed by atoms with Crippen LogP contribution >= 0.6 is 0 Å². The first-order valence-electron chi connectivity index (χ1n) is 8.59. The average molecular weight is 301 g/mol. The van der Waals surface area contributed by atoms with Gasteiger partial charge in [-0.25, -0.2) is 0 Å². The largest absolute Gasteiger partial charge is 0.326 e. The highest BCUT2D eigenvalue weighted by molar-refractivity contribution is 5.76. The van der Waals surface area contributed by atoms with Gasteiger partial charge in [-0.2, -0.15) is 0 Å². The molecule has 1 N–H and O–H groups in total. The lowest BCUT2D eigenvalue weighted by atomic mass is 9.76. The van der Waals surface area contributed by atoms with Crippen molar-refractivity contribution in [2.45, 2.75) is 66.7 Å². The van der Waals surface area contributed by atoms with Gasteiger partial charge in [0, 0.05) is 18.0 Å². The molecule has 2 heteroatoms. The molecule has 122 valence electrons. The van der Waals surface area contributed by atoms with Gasteiger partial charge in [0.25, 0.3) is 0 Å². The van der Waals surface area contributed by atoms with Crippen molar-refractivity contribution in [3.8, 4) is 0 Å². The molecule has 0 radical (unpaired) electrons. The molecule has 0 aromatic rings. The predicted molar refractivity (Wildman–Crippen MR) is 93.3 cm³/mol. The van der Waals surface area contributed by atoms with Crippen LogP contribution in [0.1, 0.15) is 66.7 Å². The van der Waals surface area contributed by atoms with Crippen molar-refractivity contribution in [2.75, 3.05) is 0 Å². The number of carbonyl (C=O) groups excluding carboxylic acids is 1. The van der Waals surface area contributed by atoms with Crippen molar-refractivity contribution in [1.82, 2.24) is 5.32 Å². The average Bonchev–Trinajstić information content (AvgIpc) is 2.63. The second-order valence-corrected chi connectivity index (χ2v) is 8.35. The highest BCUT2D eigenvalue weighted by atomic mass is 16.1. The van der Waals surface area contributed by atoms with Gasteiger partial charge in [-0.15, -0.1) is 0 Å². The van der Waals surface area contributed by atoms with Crippen LogP contribution in [0, 0.1) is 16.7 Å². The van der Waals surface area contributed by atoms with Crippen molar-refractivity contribution in [1.29, 1.82) is 0 Å². The molecule has 2 aliphatic rings. The highest BCUT2D eigenvalue weighted by Crippen LogP contribution is 2.43. The first-order valence-corrected chi connectivity index (χ1v) is 8.59. The fourth-order valence-corrected chi connectivity index (χ4v) is 3.79. The van der Waals surface area contributed by atoms with E-state index in [9.17, 15) is 4.79 Å².